The first-order valence-electron chi connectivity index (χ1n) is 10.3. The van der Waals surface area contributed by atoms with Gasteiger partial charge in [0, 0.05) is 24.9 Å². The van der Waals surface area contributed by atoms with Crippen molar-refractivity contribution in [2.45, 2.75) is 40.0 Å². The summed E-state index contributed by atoms with van der Waals surface area (Å²) in [5, 5.41) is 4.27. The largest absolute Gasteiger partial charge is 0.0622 e. The van der Waals surface area contributed by atoms with Gasteiger partial charge in [-0.15, -0.1) is 0 Å². The average Bonchev–Trinajstić information content (AvgIpc) is 2.92. The van der Waals surface area contributed by atoms with E-state index in [1.165, 1.54) is 43.8 Å². The third-order valence-electron chi connectivity index (χ3n) is 6.90. The zero-order chi connectivity index (χ0) is 20.6. The van der Waals surface area contributed by atoms with E-state index in [4.69, 9.17) is 0 Å². The molecule has 0 nitrogen and oxygen atoms in total. The Labute approximate surface area is 195 Å². The smallest absolute Gasteiger partial charge is 0.0354 e. The Hall–Kier alpha value is -1.81. The second kappa shape index (κ2) is 9.13. The molecular formula is C28H29PRu. The van der Waals surface area contributed by atoms with Crippen molar-refractivity contribution in [2.75, 3.05) is 0 Å². The van der Waals surface area contributed by atoms with Crippen molar-refractivity contribution < 1.29 is 19.5 Å². The maximum Gasteiger partial charge on any atom is 0.0354 e. The Kier molecular flexibility index (Phi) is 6.96. The molecule has 2 heteroatoms. The quantitative estimate of drug-likeness (QED) is 0.290. The van der Waals surface area contributed by atoms with Crippen molar-refractivity contribution >= 4 is 23.8 Å². The number of benzene rings is 3. The average molecular weight is 498 g/mol. The van der Waals surface area contributed by atoms with Crippen LogP contribution in [-0.2, 0) is 24.9 Å². The molecule has 0 atom stereocenters. The van der Waals surface area contributed by atoms with Crippen LogP contribution in [0.1, 0.15) is 40.2 Å². The van der Waals surface area contributed by atoms with Crippen LogP contribution in [0, 0.1) is 0 Å². The Bertz CT molecular complexity index is 1030. The van der Waals surface area contributed by atoms with Crippen LogP contribution in [0.3, 0.4) is 0 Å². The summed E-state index contributed by atoms with van der Waals surface area (Å²) in [7, 11) is -0.627. The summed E-state index contributed by atoms with van der Waals surface area (Å²) >= 11 is 0. The summed E-state index contributed by atoms with van der Waals surface area (Å²) in [6.07, 6.45) is 0. The van der Waals surface area contributed by atoms with Gasteiger partial charge in [0.2, 0.25) is 0 Å². The molecule has 30 heavy (non-hydrogen) atoms. The first kappa shape index (κ1) is 22.9. The third kappa shape index (κ3) is 3.68. The molecule has 0 fully saturated rings. The van der Waals surface area contributed by atoms with Crippen molar-refractivity contribution in [1.29, 1.82) is 0 Å². The molecule has 0 radical (unpaired) electrons. The van der Waals surface area contributed by atoms with E-state index in [-0.39, 0.29) is 24.9 Å². The second-order valence-electron chi connectivity index (χ2n) is 8.15. The molecule has 0 N–H and O–H groups in total. The molecule has 0 saturated carbocycles. The van der Waals surface area contributed by atoms with Gasteiger partial charge in [-0.05, 0) is 75.2 Å². The maximum absolute atomic E-state index is 2.42. The van der Waals surface area contributed by atoms with Gasteiger partial charge in [0.05, 0.1) is 0 Å². The Morgan fingerprint density at radius 2 is 0.967 bits per heavy atom. The molecule has 3 aromatic rings. The van der Waals surface area contributed by atoms with Crippen LogP contribution >= 0.6 is 7.92 Å². The minimum atomic E-state index is -0.627. The fourth-order valence-electron chi connectivity index (χ4n) is 4.67. The van der Waals surface area contributed by atoms with Crippen molar-refractivity contribution in [1.82, 2.24) is 0 Å². The predicted molar refractivity (Wildman–Crippen MR) is 129 cm³/mol. The van der Waals surface area contributed by atoms with E-state index >= 15 is 0 Å². The van der Waals surface area contributed by atoms with Gasteiger partial charge < -0.3 is 0 Å². The van der Waals surface area contributed by atoms with E-state index in [0.717, 1.165) is 0 Å². The second-order valence-corrected chi connectivity index (χ2v) is 10.3. The van der Waals surface area contributed by atoms with Crippen LogP contribution in [0.2, 0.25) is 0 Å². The molecule has 0 aliphatic heterocycles. The summed E-state index contributed by atoms with van der Waals surface area (Å²) in [5.41, 5.74) is 7.26. The first-order chi connectivity index (χ1) is 14.0. The molecule has 0 heterocycles. The summed E-state index contributed by atoms with van der Waals surface area (Å²) < 4.78 is 0. The van der Waals surface area contributed by atoms with Crippen LogP contribution < -0.4 is 15.9 Å². The molecule has 0 aromatic heterocycles. The van der Waals surface area contributed by atoms with E-state index in [1.54, 1.807) is 0 Å². The van der Waals surface area contributed by atoms with Crippen LogP contribution in [0.25, 0.3) is 0 Å². The van der Waals surface area contributed by atoms with Crippen molar-refractivity contribution in [3.63, 3.8) is 0 Å². The van der Waals surface area contributed by atoms with Gasteiger partial charge in [-0.2, -0.15) is 0 Å². The summed E-state index contributed by atoms with van der Waals surface area (Å²) in [6, 6.07) is 31.1. The van der Waals surface area contributed by atoms with Gasteiger partial charge in [-0.3, -0.25) is 0 Å². The summed E-state index contributed by atoms with van der Waals surface area (Å²) in [6.45, 7) is 11.6. The first-order valence-corrected chi connectivity index (χ1v) is 11.7. The van der Waals surface area contributed by atoms with E-state index in [9.17, 15) is 0 Å². The zero-order valence-electron chi connectivity index (χ0n) is 18.4. The molecule has 4 rings (SSSR count). The topological polar surface area (TPSA) is 0 Å². The Morgan fingerprint density at radius 1 is 0.567 bits per heavy atom. The van der Waals surface area contributed by atoms with Crippen molar-refractivity contribution in [2.24, 2.45) is 0 Å². The fourth-order valence-corrected chi connectivity index (χ4v) is 7.24. The SMILES string of the molecule is CC1=C(C)C(C)(c2ccccc2P(c2ccccc2)c2ccccc2)C(C)=C1C.[Ru]. The van der Waals surface area contributed by atoms with Gasteiger partial charge in [-0.1, -0.05) is 96.1 Å². The van der Waals surface area contributed by atoms with Crippen molar-refractivity contribution in [3.8, 4) is 0 Å². The monoisotopic (exact) mass is 498 g/mol. The van der Waals surface area contributed by atoms with Gasteiger partial charge in [-0.25, -0.2) is 0 Å². The molecule has 154 valence electrons. The minimum Gasteiger partial charge on any atom is -0.0622 e. The molecule has 0 saturated heterocycles. The van der Waals surface area contributed by atoms with Crippen LogP contribution in [-0.4, -0.2) is 0 Å². The number of hydrogen-bond acceptors (Lipinski definition) is 0. The Morgan fingerprint density at radius 3 is 1.43 bits per heavy atom. The van der Waals surface area contributed by atoms with Crippen LogP contribution in [0.4, 0.5) is 0 Å². The number of hydrogen-bond donors (Lipinski definition) is 0. The molecule has 0 unspecified atom stereocenters. The molecule has 0 spiro atoms. The van der Waals surface area contributed by atoms with Crippen LogP contribution in [0.5, 0.6) is 0 Å². The molecule has 0 amide bonds. The number of allylic oxidation sites excluding steroid dienone is 4. The maximum atomic E-state index is 2.42. The number of rotatable bonds is 4. The zero-order valence-corrected chi connectivity index (χ0v) is 21.0. The van der Waals surface area contributed by atoms with Gasteiger partial charge in [0.1, 0.15) is 0 Å². The van der Waals surface area contributed by atoms with Gasteiger partial charge in [0.25, 0.3) is 0 Å². The van der Waals surface area contributed by atoms with E-state index < -0.39 is 7.92 Å². The van der Waals surface area contributed by atoms with Crippen LogP contribution in [0.15, 0.2) is 107 Å². The Balaban J connectivity index is 0.00000256. The van der Waals surface area contributed by atoms with E-state index in [2.05, 4.69) is 120 Å². The molecular weight excluding hydrogens is 468 g/mol. The molecule has 3 aromatic carbocycles. The van der Waals surface area contributed by atoms with Gasteiger partial charge in [0.15, 0.2) is 0 Å². The predicted octanol–water partition coefficient (Wildman–Crippen LogP) is 6.39. The summed E-state index contributed by atoms with van der Waals surface area (Å²) in [4.78, 5) is 0. The van der Waals surface area contributed by atoms with E-state index in [1.807, 2.05) is 0 Å². The molecule has 1 aliphatic rings. The fraction of sp³-hybridized carbons (Fsp3) is 0.214. The molecule has 1 aliphatic carbocycles. The minimum absolute atomic E-state index is 0. The normalized spacial score (nSPS) is 15.5. The standard InChI is InChI=1S/C28H29P.Ru/c1-20-21(2)23(4)28(5,22(20)3)26-18-12-13-19-27(26)29(24-14-8-6-9-15-24)25-16-10-7-11-17-25;/h6-19H,1-5H3;. The van der Waals surface area contributed by atoms with Gasteiger partial charge >= 0.3 is 0 Å². The van der Waals surface area contributed by atoms with Crippen molar-refractivity contribution in [3.05, 3.63) is 113 Å². The molecule has 0 bridgehead atoms. The third-order valence-corrected chi connectivity index (χ3v) is 9.40. The van der Waals surface area contributed by atoms with E-state index in [0.29, 0.717) is 0 Å². The summed E-state index contributed by atoms with van der Waals surface area (Å²) in [5.74, 6) is 0.